The fourth-order valence-electron chi connectivity index (χ4n) is 4.78. The molecule has 0 saturated carbocycles. The number of nitrogens with zero attached hydrogens (tertiary/aromatic N) is 2. The first-order valence-electron chi connectivity index (χ1n) is 13.9. The number of ether oxygens (including phenoxy) is 6. The Morgan fingerprint density at radius 2 is 1.33 bits per heavy atom. The third-order valence-electron chi connectivity index (χ3n) is 7.06. The number of nitro benzene ring substituents is 2. The number of thiocarbonyl (C=S) groups is 2. The molecule has 46 heavy (non-hydrogen) atoms. The minimum Gasteiger partial charge on any atom is -0.468 e. The van der Waals surface area contributed by atoms with Crippen molar-refractivity contribution >= 4 is 68.1 Å². The van der Waals surface area contributed by atoms with Gasteiger partial charge in [-0.3, -0.25) is 20.2 Å². The van der Waals surface area contributed by atoms with E-state index < -0.39 is 46.8 Å². The van der Waals surface area contributed by atoms with Crippen molar-refractivity contribution in [3.05, 3.63) is 116 Å². The van der Waals surface area contributed by atoms with Crippen molar-refractivity contribution in [1.29, 1.82) is 0 Å². The lowest BCUT2D eigenvalue weighted by atomic mass is 9.97. The highest BCUT2D eigenvalue weighted by molar-refractivity contribution is 8.22. The van der Waals surface area contributed by atoms with E-state index in [4.69, 9.17) is 52.9 Å². The number of nitro groups is 2. The second-order valence-electron chi connectivity index (χ2n) is 10.0. The summed E-state index contributed by atoms with van der Waals surface area (Å²) in [6.07, 6.45) is -4.58. The summed E-state index contributed by atoms with van der Waals surface area (Å²) in [7, 11) is 1.48. The Labute approximate surface area is 283 Å². The SMILES string of the molecule is CO[C@H]1O[C@@H]2COC(c3ccccc3)O[C@H]2[C@H](OC(=S)SCc2ccc([N+](=O)[O-])cc2)[C@H]1OC(=S)SCc1ccc([N+](=O)[O-])cc1. The first kappa shape index (κ1) is 34.1. The van der Waals surface area contributed by atoms with E-state index in [-0.39, 0.29) is 26.7 Å². The minimum absolute atomic E-state index is 0.00141. The third kappa shape index (κ3) is 8.77. The van der Waals surface area contributed by atoms with Crippen LogP contribution in [0.2, 0.25) is 0 Å². The maximum atomic E-state index is 11.0. The molecule has 0 N–H and O–H groups in total. The van der Waals surface area contributed by atoms with Crippen LogP contribution in [0.4, 0.5) is 11.4 Å². The van der Waals surface area contributed by atoms with Crippen LogP contribution < -0.4 is 0 Å². The van der Waals surface area contributed by atoms with Gasteiger partial charge in [0.25, 0.3) is 11.4 Å². The van der Waals surface area contributed by atoms with Crippen molar-refractivity contribution in [3.63, 3.8) is 0 Å². The maximum absolute atomic E-state index is 11.0. The van der Waals surface area contributed by atoms with Crippen LogP contribution in [0.25, 0.3) is 0 Å². The van der Waals surface area contributed by atoms with Gasteiger partial charge >= 0.3 is 0 Å². The molecule has 0 aromatic heterocycles. The smallest absolute Gasteiger partial charge is 0.269 e. The van der Waals surface area contributed by atoms with E-state index in [9.17, 15) is 20.2 Å². The van der Waals surface area contributed by atoms with E-state index in [1.165, 1.54) is 54.9 Å². The van der Waals surface area contributed by atoms with Crippen molar-refractivity contribution in [1.82, 2.24) is 0 Å². The van der Waals surface area contributed by atoms with E-state index in [1.54, 1.807) is 24.3 Å². The van der Waals surface area contributed by atoms with Crippen LogP contribution in [-0.4, -0.2) is 63.0 Å². The van der Waals surface area contributed by atoms with Crippen molar-refractivity contribution in [2.45, 2.75) is 48.5 Å². The van der Waals surface area contributed by atoms with Gasteiger partial charge < -0.3 is 28.4 Å². The predicted molar refractivity (Wildman–Crippen MR) is 179 cm³/mol. The van der Waals surface area contributed by atoms with Gasteiger partial charge in [-0.25, -0.2) is 0 Å². The van der Waals surface area contributed by atoms with Gasteiger partial charge in [-0.1, -0.05) is 78.1 Å². The van der Waals surface area contributed by atoms with Crippen LogP contribution in [0.15, 0.2) is 78.9 Å². The zero-order chi connectivity index (χ0) is 32.6. The van der Waals surface area contributed by atoms with Crippen molar-refractivity contribution in [2.24, 2.45) is 0 Å². The molecule has 0 amide bonds. The van der Waals surface area contributed by atoms with Gasteiger partial charge in [-0.05, 0) is 35.6 Å². The van der Waals surface area contributed by atoms with Crippen LogP contribution in [0.5, 0.6) is 0 Å². The third-order valence-corrected chi connectivity index (χ3v) is 9.58. The van der Waals surface area contributed by atoms with E-state index in [1.807, 2.05) is 30.3 Å². The monoisotopic (exact) mass is 704 g/mol. The summed E-state index contributed by atoms with van der Waals surface area (Å²) in [5, 5.41) is 22.0. The first-order valence-corrected chi connectivity index (χ1v) is 16.6. The Bertz CT molecular complexity index is 1530. The largest absolute Gasteiger partial charge is 0.468 e. The Hall–Kier alpha value is -3.22. The first-order chi connectivity index (χ1) is 22.2. The molecule has 0 spiro atoms. The molecular formula is C30H28N2O10S4. The molecule has 12 nitrogen and oxygen atoms in total. The zero-order valence-electron chi connectivity index (χ0n) is 24.2. The molecular weight excluding hydrogens is 677 g/mol. The Morgan fingerprint density at radius 3 is 1.83 bits per heavy atom. The average Bonchev–Trinajstić information content (AvgIpc) is 3.07. The number of benzene rings is 3. The molecule has 242 valence electrons. The molecule has 2 saturated heterocycles. The lowest BCUT2D eigenvalue weighted by Gasteiger charge is -2.48. The number of hydrogen-bond acceptors (Lipinski definition) is 14. The summed E-state index contributed by atoms with van der Waals surface area (Å²) < 4.78 is 37.2. The molecule has 0 bridgehead atoms. The van der Waals surface area contributed by atoms with Crippen LogP contribution in [0, 0.1) is 20.2 Å². The Morgan fingerprint density at radius 1 is 0.804 bits per heavy atom. The summed E-state index contributed by atoms with van der Waals surface area (Å²) >= 11 is 13.7. The Balaban J connectivity index is 1.31. The van der Waals surface area contributed by atoms with Crippen LogP contribution in [-0.2, 0) is 39.9 Å². The van der Waals surface area contributed by atoms with Gasteiger partial charge in [-0.15, -0.1) is 0 Å². The average molecular weight is 705 g/mol. The molecule has 2 aliphatic heterocycles. The second-order valence-corrected chi connectivity index (χ2v) is 13.2. The second kappa shape index (κ2) is 16.1. The molecule has 0 aliphatic carbocycles. The topological polar surface area (TPSA) is 142 Å². The lowest BCUT2D eigenvalue weighted by molar-refractivity contribution is -0.385. The highest BCUT2D eigenvalue weighted by atomic mass is 32.2. The standard InChI is InChI=1S/C30H28N2O10S4/c1-37-28-26(42-30(44)46-17-19-9-13-22(14-10-19)32(35)36)25(41-29(43)45-16-18-7-11-21(12-8-18)31(33)34)24-23(39-28)15-38-27(40-24)20-5-3-2-4-6-20/h2-14,23-28H,15-17H2,1H3/t23-,24-,25+,26-,27?,28+/m1/s1. The van der Waals surface area contributed by atoms with Gasteiger partial charge in [0, 0.05) is 48.4 Å². The number of hydrogen-bond donors (Lipinski definition) is 0. The van der Waals surface area contributed by atoms with Crippen LogP contribution in [0.3, 0.4) is 0 Å². The molecule has 3 aromatic rings. The van der Waals surface area contributed by atoms with Crippen LogP contribution >= 0.6 is 48.0 Å². The molecule has 0 radical (unpaired) electrons. The summed E-state index contributed by atoms with van der Waals surface area (Å²) in [6.45, 7) is 0.193. The molecule has 5 rings (SSSR count). The molecule has 2 aliphatic rings. The fourth-order valence-corrected chi connectivity index (χ4v) is 6.67. The number of thioether (sulfide) groups is 2. The normalized spacial score (nSPS) is 23.9. The molecule has 16 heteroatoms. The van der Waals surface area contributed by atoms with E-state index in [0.29, 0.717) is 11.5 Å². The minimum atomic E-state index is -0.910. The Kier molecular flexibility index (Phi) is 11.9. The van der Waals surface area contributed by atoms with Crippen molar-refractivity contribution < 1.29 is 38.3 Å². The van der Waals surface area contributed by atoms with Crippen molar-refractivity contribution in [3.8, 4) is 0 Å². The molecule has 1 unspecified atom stereocenters. The fraction of sp³-hybridized carbons (Fsp3) is 0.333. The molecule has 6 atom stereocenters. The highest BCUT2D eigenvalue weighted by Gasteiger charge is 2.53. The van der Waals surface area contributed by atoms with Gasteiger partial charge in [0.1, 0.15) is 12.2 Å². The summed E-state index contributed by atoms with van der Waals surface area (Å²) in [6, 6.07) is 21.8. The lowest BCUT2D eigenvalue weighted by Crippen LogP contribution is -2.64. The van der Waals surface area contributed by atoms with E-state index in [2.05, 4.69) is 0 Å². The number of fused-ring (bicyclic) bond motifs is 1. The number of non-ortho nitro benzene ring substituents is 2. The van der Waals surface area contributed by atoms with Gasteiger partial charge in [0.2, 0.25) is 8.77 Å². The quantitative estimate of drug-likeness (QED) is 0.129. The zero-order valence-corrected chi connectivity index (χ0v) is 27.5. The van der Waals surface area contributed by atoms with Crippen molar-refractivity contribution in [2.75, 3.05) is 13.7 Å². The molecule has 2 fully saturated rings. The van der Waals surface area contributed by atoms with Gasteiger partial charge in [-0.2, -0.15) is 0 Å². The van der Waals surface area contributed by atoms with Gasteiger partial charge in [0.05, 0.1) is 16.5 Å². The maximum Gasteiger partial charge on any atom is 0.269 e. The summed E-state index contributed by atoms with van der Waals surface area (Å²) in [4.78, 5) is 21.1. The molecule has 3 aromatic carbocycles. The highest BCUT2D eigenvalue weighted by Crippen LogP contribution is 2.38. The van der Waals surface area contributed by atoms with Gasteiger partial charge in [0.15, 0.2) is 24.8 Å². The van der Waals surface area contributed by atoms with Crippen LogP contribution in [0.1, 0.15) is 23.0 Å². The summed E-state index contributed by atoms with van der Waals surface area (Å²) in [5.41, 5.74) is 2.45. The summed E-state index contributed by atoms with van der Waals surface area (Å²) in [5.74, 6) is 0.817. The van der Waals surface area contributed by atoms with E-state index >= 15 is 0 Å². The number of rotatable bonds is 10. The number of methoxy groups -OCH3 is 1. The predicted octanol–water partition coefficient (Wildman–Crippen LogP) is 6.50. The molecule has 2 heterocycles. The van der Waals surface area contributed by atoms with E-state index in [0.717, 1.165) is 16.7 Å².